The lowest BCUT2D eigenvalue weighted by Crippen LogP contribution is -2.40. The monoisotopic (exact) mass is 722 g/mol. The van der Waals surface area contributed by atoms with Crippen LogP contribution in [0.5, 0.6) is 0 Å². The van der Waals surface area contributed by atoms with Gasteiger partial charge in [0.1, 0.15) is 13.1 Å². The van der Waals surface area contributed by atoms with Crippen LogP contribution in [0.15, 0.2) is 36.4 Å². The first kappa shape index (κ1) is 41.9. The van der Waals surface area contributed by atoms with Crippen molar-refractivity contribution in [1.82, 2.24) is 10.6 Å². The molecule has 2 aromatic rings. The number of hydrogen-bond donors (Lipinski definition) is 2. The number of nitrogens with one attached hydrogen (secondary N) is 2. The van der Waals surface area contributed by atoms with Crippen LogP contribution in [0.1, 0.15) is 29.2 Å². The number of carbonyl (C=O) groups is 2. The second-order valence-electron chi connectivity index (χ2n) is 9.65. The summed E-state index contributed by atoms with van der Waals surface area (Å²) in [5, 5.41) is 21.8. The van der Waals surface area contributed by atoms with Crippen LogP contribution in [0.2, 0.25) is 0 Å². The van der Waals surface area contributed by atoms with Crippen molar-refractivity contribution in [1.29, 1.82) is 10.5 Å². The number of rotatable bonds is 10. The zero-order valence-electron chi connectivity index (χ0n) is 25.3. The lowest BCUT2D eigenvalue weighted by molar-refractivity contribution is -0.138. The van der Waals surface area contributed by atoms with Crippen molar-refractivity contribution in [2.45, 2.75) is 31.6 Å². The largest absolute Gasteiger partial charge is 0.453 e. The first-order valence-electron chi connectivity index (χ1n) is 13.3. The Kier molecular flexibility index (Phi) is 14.9. The average molecular weight is 723 g/mol. The smallest absolute Gasteiger partial charge is 0.417 e. The van der Waals surface area contributed by atoms with E-state index in [-0.39, 0.29) is 31.0 Å². The maximum absolute atomic E-state index is 13.0. The van der Waals surface area contributed by atoms with Gasteiger partial charge in [-0.2, -0.15) is 63.2 Å². The molecule has 2 amide bonds. The highest BCUT2D eigenvalue weighted by Gasteiger charge is 2.37. The summed E-state index contributed by atoms with van der Waals surface area (Å²) in [6.07, 6.45) is -20.0. The van der Waals surface area contributed by atoms with Gasteiger partial charge in [-0.1, -0.05) is 0 Å². The molecule has 270 valence electrons. The highest BCUT2D eigenvalue weighted by molar-refractivity contribution is 5.72. The molecule has 0 atom stereocenters. The lowest BCUT2D eigenvalue weighted by Gasteiger charge is -2.27. The summed E-state index contributed by atoms with van der Waals surface area (Å²) in [7, 11) is 1.05. The molecule has 9 nitrogen and oxygen atoms in total. The van der Waals surface area contributed by atoms with E-state index in [0.717, 1.165) is 38.3 Å². The summed E-state index contributed by atoms with van der Waals surface area (Å²) in [4.78, 5) is 23.0. The molecule has 2 N–H and O–H groups in total. The number of nitrogens with zero attached hydrogens (tertiary/aromatic N) is 4. The molecule has 0 aliphatic heterocycles. The van der Waals surface area contributed by atoms with Gasteiger partial charge in [0, 0.05) is 44.5 Å². The molecule has 0 aliphatic carbocycles. The van der Waals surface area contributed by atoms with Crippen LogP contribution < -0.4 is 20.4 Å². The van der Waals surface area contributed by atoms with Gasteiger partial charge in [-0.15, -0.1) is 0 Å². The van der Waals surface area contributed by atoms with Crippen molar-refractivity contribution >= 4 is 23.4 Å². The van der Waals surface area contributed by atoms with Crippen LogP contribution >= 0.6 is 0 Å². The first-order chi connectivity index (χ1) is 22.4. The Morgan fingerprint density at radius 3 is 1.35 bits per heavy atom. The Morgan fingerprint density at radius 2 is 1.06 bits per heavy atom. The topological polar surface area (TPSA) is 121 Å². The first-order valence-corrected chi connectivity index (χ1v) is 13.3. The minimum Gasteiger partial charge on any atom is -0.453 e. The minimum absolute atomic E-state index is 0.174. The van der Waals surface area contributed by atoms with Crippen molar-refractivity contribution in [3.63, 3.8) is 0 Å². The number of methoxy groups -OCH3 is 1. The summed E-state index contributed by atoms with van der Waals surface area (Å²) >= 11 is 0. The number of ether oxygens (including phenoxy) is 1. The molecule has 0 fully saturated rings. The molecule has 0 aliphatic rings. The van der Waals surface area contributed by atoms with E-state index in [0.29, 0.717) is 21.9 Å². The molecule has 0 saturated heterocycles. The summed E-state index contributed by atoms with van der Waals surface area (Å²) in [6, 6.07) is 7.29. The fourth-order valence-corrected chi connectivity index (χ4v) is 3.89. The van der Waals surface area contributed by atoms with Crippen LogP contribution in [0.4, 0.5) is 68.9 Å². The number of nitriles is 2. The molecular formula is C28H26F12N6O3. The van der Waals surface area contributed by atoms with Gasteiger partial charge < -0.3 is 25.2 Å². The van der Waals surface area contributed by atoms with Gasteiger partial charge in [0.2, 0.25) is 5.91 Å². The van der Waals surface area contributed by atoms with Crippen LogP contribution in [-0.4, -0.2) is 70.7 Å². The number of hydrogen-bond acceptors (Lipinski definition) is 7. The Labute approximate surface area is 270 Å². The van der Waals surface area contributed by atoms with Gasteiger partial charge in [-0.05, 0) is 36.4 Å². The van der Waals surface area contributed by atoms with Crippen LogP contribution in [0.25, 0.3) is 0 Å². The van der Waals surface area contributed by atoms with Crippen LogP contribution in [0, 0.1) is 22.7 Å². The third-order valence-electron chi connectivity index (χ3n) is 5.92. The van der Waals surface area contributed by atoms with E-state index in [1.807, 2.05) is 0 Å². The number of alkyl halides is 12. The molecule has 0 spiro atoms. The van der Waals surface area contributed by atoms with Gasteiger partial charge in [-0.3, -0.25) is 4.79 Å². The normalized spacial score (nSPS) is 11.7. The second kappa shape index (κ2) is 17.4. The van der Waals surface area contributed by atoms with E-state index in [1.165, 1.54) is 12.1 Å². The van der Waals surface area contributed by atoms with Crippen LogP contribution in [-0.2, 0) is 21.9 Å². The number of alkyl carbamates (subject to hydrolysis) is 1. The number of benzene rings is 2. The minimum atomic E-state index is -4.89. The van der Waals surface area contributed by atoms with E-state index < -0.39 is 78.6 Å². The maximum Gasteiger partial charge on any atom is 0.417 e. The highest BCUT2D eigenvalue weighted by Crippen LogP contribution is 2.36. The summed E-state index contributed by atoms with van der Waals surface area (Å²) in [5.74, 6) is -0.474. The maximum atomic E-state index is 13.0. The fourth-order valence-electron chi connectivity index (χ4n) is 3.89. The van der Waals surface area contributed by atoms with E-state index >= 15 is 0 Å². The molecule has 49 heavy (non-hydrogen) atoms. The van der Waals surface area contributed by atoms with Gasteiger partial charge in [-0.25, -0.2) is 4.79 Å². The molecular weight excluding hydrogens is 696 g/mol. The molecule has 2 aromatic carbocycles. The molecule has 0 bridgehead atoms. The third kappa shape index (κ3) is 15.1. The Hall–Kier alpha value is -5.08. The van der Waals surface area contributed by atoms with Gasteiger partial charge in [0.25, 0.3) is 0 Å². The van der Waals surface area contributed by atoms with Crippen molar-refractivity contribution in [3.8, 4) is 12.1 Å². The molecule has 0 heterocycles. The number of carbonyl (C=O) groups excluding carboxylic acids is 2. The fraction of sp³-hybridized carbons (Fsp3) is 0.429. The van der Waals surface area contributed by atoms with E-state index in [2.05, 4.69) is 15.4 Å². The SMILES string of the molecule is CC(=O)NCCN(CC(F)(F)F)c1ccc(C#N)c(C(F)(F)F)c1.COC(=O)NCCN(CC(F)(F)F)c1ccc(C#N)c(C(F)(F)F)c1. The highest BCUT2D eigenvalue weighted by atomic mass is 19.4. The van der Waals surface area contributed by atoms with Crippen molar-refractivity contribution in [3.05, 3.63) is 58.7 Å². The molecule has 0 unspecified atom stereocenters. The standard InChI is InChI=1S/C14H13F6N3O2.C14H13F6N3O/c1-25-12(24)22-4-5-23(8-13(15,16)17)10-3-2-9(7-21)11(6-10)14(18,19)20;1-9(24)22-4-5-23(8-13(15,16)17)11-3-2-10(7-21)12(6-11)14(18,19)20/h2-3,6H,4-5,8H2,1H3,(H,22,24);2-3,6H,4-5,8H2,1H3,(H,22,24). The zero-order valence-corrected chi connectivity index (χ0v) is 25.3. The third-order valence-corrected chi connectivity index (χ3v) is 5.92. The number of anilines is 2. The molecule has 0 radical (unpaired) electrons. The quantitative estimate of drug-likeness (QED) is 0.273. The summed E-state index contributed by atoms with van der Waals surface area (Å²) in [5.41, 5.74) is -4.75. The van der Waals surface area contributed by atoms with Gasteiger partial charge >= 0.3 is 30.8 Å². The molecule has 0 saturated carbocycles. The van der Waals surface area contributed by atoms with E-state index in [4.69, 9.17) is 10.5 Å². The number of halogens is 12. The Morgan fingerprint density at radius 1 is 0.694 bits per heavy atom. The van der Waals surface area contributed by atoms with E-state index in [1.54, 1.807) is 0 Å². The zero-order chi connectivity index (χ0) is 37.8. The summed E-state index contributed by atoms with van der Waals surface area (Å²) < 4.78 is 158. The summed E-state index contributed by atoms with van der Waals surface area (Å²) in [6.45, 7) is -3.08. The molecule has 21 heteroatoms. The Bertz CT molecular complexity index is 1510. The van der Waals surface area contributed by atoms with Crippen LogP contribution in [0.3, 0.4) is 0 Å². The van der Waals surface area contributed by atoms with Crippen molar-refractivity contribution < 1.29 is 67.0 Å². The van der Waals surface area contributed by atoms with E-state index in [9.17, 15) is 62.3 Å². The van der Waals surface area contributed by atoms with Crippen molar-refractivity contribution in [2.75, 3.05) is 56.2 Å². The second-order valence-corrected chi connectivity index (χ2v) is 9.65. The predicted octanol–water partition coefficient (Wildman–Crippen LogP) is 6.38. The molecule has 0 aromatic heterocycles. The van der Waals surface area contributed by atoms with Gasteiger partial charge in [0.15, 0.2) is 0 Å². The van der Waals surface area contributed by atoms with Gasteiger partial charge in [0.05, 0.1) is 41.5 Å². The molecule has 2 rings (SSSR count). The Balaban J connectivity index is 0.000000490. The average Bonchev–Trinajstić information content (AvgIpc) is 2.97. The lowest BCUT2D eigenvalue weighted by atomic mass is 10.1. The predicted molar refractivity (Wildman–Crippen MR) is 148 cm³/mol. The van der Waals surface area contributed by atoms with Crippen molar-refractivity contribution in [2.24, 2.45) is 0 Å². The number of amides is 2.